The van der Waals surface area contributed by atoms with Gasteiger partial charge < -0.3 is 18.6 Å². The molecule has 0 bridgehead atoms. The van der Waals surface area contributed by atoms with Gasteiger partial charge in [-0.25, -0.2) is 0 Å². The summed E-state index contributed by atoms with van der Waals surface area (Å²) in [6.45, 7) is 4.72. The monoisotopic (exact) mass is 279 g/mol. The number of hydrogen-bond acceptors (Lipinski definition) is 6. The van der Waals surface area contributed by atoms with E-state index in [0.29, 0.717) is 29.6 Å². The van der Waals surface area contributed by atoms with Crippen molar-refractivity contribution in [1.29, 1.82) is 0 Å². The van der Waals surface area contributed by atoms with Crippen molar-refractivity contribution in [3.63, 3.8) is 0 Å². The van der Waals surface area contributed by atoms with Crippen LogP contribution in [0.3, 0.4) is 0 Å². The van der Waals surface area contributed by atoms with E-state index >= 15 is 0 Å². The summed E-state index contributed by atoms with van der Waals surface area (Å²) in [6, 6.07) is 1.66. The zero-order valence-electron chi connectivity index (χ0n) is 11.8. The number of rotatable bonds is 6. The highest BCUT2D eigenvalue weighted by atomic mass is 16.5. The number of aryl methyl sites for hydroxylation is 1. The third-order valence-corrected chi connectivity index (χ3v) is 2.87. The first-order valence-corrected chi connectivity index (χ1v) is 6.29. The molecule has 0 unspecified atom stereocenters. The normalized spacial score (nSPS) is 10.8. The number of hydrogen-bond donors (Lipinski definition) is 0. The van der Waals surface area contributed by atoms with Crippen molar-refractivity contribution in [3.8, 4) is 0 Å². The molecule has 0 N–H and O–H groups in total. The molecule has 1 amide bonds. The highest BCUT2D eigenvalue weighted by molar-refractivity contribution is 5.95. The van der Waals surface area contributed by atoms with Crippen LogP contribution in [0, 0.1) is 6.92 Å². The SMILES string of the molecule is CCN(Cc1nc(COC)no1)C(=O)c1ccoc1C. The summed E-state index contributed by atoms with van der Waals surface area (Å²) < 4.78 is 15.2. The summed E-state index contributed by atoms with van der Waals surface area (Å²) in [7, 11) is 1.56. The van der Waals surface area contributed by atoms with Crippen molar-refractivity contribution >= 4 is 5.91 Å². The second kappa shape index (κ2) is 6.33. The molecule has 20 heavy (non-hydrogen) atoms. The smallest absolute Gasteiger partial charge is 0.257 e. The van der Waals surface area contributed by atoms with Crippen LogP contribution in [0.15, 0.2) is 21.3 Å². The Balaban J connectivity index is 2.08. The van der Waals surface area contributed by atoms with E-state index in [1.54, 1.807) is 25.0 Å². The topological polar surface area (TPSA) is 81.6 Å². The zero-order valence-corrected chi connectivity index (χ0v) is 11.8. The Morgan fingerprint density at radius 1 is 1.50 bits per heavy atom. The minimum atomic E-state index is -0.120. The van der Waals surface area contributed by atoms with Crippen LogP contribution in [-0.2, 0) is 17.9 Å². The third kappa shape index (κ3) is 3.05. The van der Waals surface area contributed by atoms with Crippen molar-refractivity contribution in [2.45, 2.75) is 27.0 Å². The third-order valence-electron chi connectivity index (χ3n) is 2.87. The lowest BCUT2D eigenvalue weighted by atomic mass is 10.2. The van der Waals surface area contributed by atoms with Crippen molar-refractivity contribution < 1.29 is 18.5 Å². The van der Waals surface area contributed by atoms with Gasteiger partial charge in [-0.1, -0.05) is 5.16 Å². The lowest BCUT2D eigenvalue weighted by molar-refractivity contribution is 0.0732. The minimum Gasteiger partial charge on any atom is -0.469 e. The van der Waals surface area contributed by atoms with Crippen LogP contribution >= 0.6 is 0 Å². The second-order valence-electron chi connectivity index (χ2n) is 4.25. The molecule has 7 heteroatoms. The van der Waals surface area contributed by atoms with E-state index in [-0.39, 0.29) is 19.1 Å². The van der Waals surface area contributed by atoms with Crippen LogP contribution in [0.4, 0.5) is 0 Å². The summed E-state index contributed by atoms with van der Waals surface area (Å²) in [4.78, 5) is 18.1. The van der Waals surface area contributed by atoms with Crippen LogP contribution in [0.1, 0.15) is 34.8 Å². The van der Waals surface area contributed by atoms with E-state index in [9.17, 15) is 4.79 Å². The molecular formula is C13H17N3O4. The van der Waals surface area contributed by atoms with E-state index in [1.165, 1.54) is 6.26 Å². The molecule has 0 saturated carbocycles. The van der Waals surface area contributed by atoms with Gasteiger partial charge in [-0.15, -0.1) is 0 Å². The van der Waals surface area contributed by atoms with Crippen LogP contribution in [0.25, 0.3) is 0 Å². The van der Waals surface area contributed by atoms with Gasteiger partial charge in [0.05, 0.1) is 11.8 Å². The van der Waals surface area contributed by atoms with Crippen LogP contribution in [0.5, 0.6) is 0 Å². The number of amides is 1. The van der Waals surface area contributed by atoms with Gasteiger partial charge >= 0.3 is 0 Å². The predicted octanol–water partition coefficient (Wildman–Crippen LogP) is 1.78. The number of methoxy groups -OCH3 is 1. The highest BCUT2D eigenvalue weighted by Crippen LogP contribution is 2.14. The Hall–Kier alpha value is -2.15. The molecule has 0 aliphatic carbocycles. The van der Waals surface area contributed by atoms with Crippen molar-refractivity contribution in [2.75, 3.05) is 13.7 Å². The number of aromatic nitrogens is 2. The predicted molar refractivity (Wildman–Crippen MR) is 68.9 cm³/mol. The van der Waals surface area contributed by atoms with Gasteiger partial charge in [0.15, 0.2) is 5.82 Å². The maximum atomic E-state index is 12.3. The molecule has 7 nitrogen and oxygen atoms in total. The summed E-state index contributed by atoms with van der Waals surface area (Å²) in [5.41, 5.74) is 0.545. The van der Waals surface area contributed by atoms with E-state index in [1.807, 2.05) is 6.92 Å². The average Bonchev–Trinajstić information content (AvgIpc) is 3.05. The number of furan rings is 1. The summed E-state index contributed by atoms with van der Waals surface area (Å²) in [5, 5.41) is 3.77. The Kier molecular flexibility index (Phi) is 4.52. The molecule has 2 aromatic heterocycles. The molecule has 0 aromatic carbocycles. The average molecular weight is 279 g/mol. The first kappa shape index (κ1) is 14.3. The molecule has 2 heterocycles. The Morgan fingerprint density at radius 3 is 2.90 bits per heavy atom. The minimum absolute atomic E-state index is 0.120. The fraction of sp³-hybridized carbons (Fsp3) is 0.462. The van der Waals surface area contributed by atoms with Crippen molar-refractivity contribution in [1.82, 2.24) is 15.0 Å². The molecule has 0 saturated heterocycles. The largest absolute Gasteiger partial charge is 0.469 e. The zero-order chi connectivity index (χ0) is 14.5. The van der Waals surface area contributed by atoms with Gasteiger partial charge in [0, 0.05) is 13.7 Å². The quantitative estimate of drug-likeness (QED) is 0.801. The lowest BCUT2D eigenvalue weighted by Crippen LogP contribution is -2.30. The number of carbonyl (C=O) groups is 1. The molecule has 0 radical (unpaired) electrons. The van der Waals surface area contributed by atoms with Gasteiger partial charge in [0.1, 0.15) is 18.9 Å². The molecule has 2 rings (SSSR count). The first-order valence-electron chi connectivity index (χ1n) is 6.29. The van der Waals surface area contributed by atoms with Crippen molar-refractivity contribution in [2.24, 2.45) is 0 Å². The van der Waals surface area contributed by atoms with E-state index in [2.05, 4.69) is 10.1 Å². The molecule has 2 aromatic rings. The van der Waals surface area contributed by atoms with E-state index in [0.717, 1.165) is 0 Å². The summed E-state index contributed by atoms with van der Waals surface area (Å²) in [6.07, 6.45) is 1.50. The molecular weight excluding hydrogens is 262 g/mol. The van der Waals surface area contributed by atoms with Gasteiger partial charge in [-0.05, 0) is 19.9 Å². The maximum absolute atomic E-state index is 12.3. The fourth-order valence-corrected chi connectivity index (χ4v) is 1.81. The Labute approximate surface area is 116 Å². The van der Waals surface area contributed by atoms with Gasteiger partial charge in [-0.3, -0.25) is 4.79 Å². The molecule has 0 spiro atoms. The number of ether oxygens (including phenoxy) is 1. The summed E-state index contributed by atoms with van der Waals surface area (Å²) in [5.74, 6) is 1.32. The highest BCUT2D eigenvalue weighted by Gasteiger charge is 2.20. The van der Waals surface area contributed by atoms with Gasteiger partial charge in [0.25, 0.3) is 5.91 Å². The second-order valence-corrected chi connectivity index (χ2v) is 4.25. The standard InChI is InChI=1S/C13H17N3O4/c1-4-16(13(17)10-5-6-19-9(10)2)7-12-14-11(8-18-3)15-20-12/h5-6H,4,7-8H2,1-3H3. The number of nitrogens with zero attached hydrogens (tertiary/aromatic N) is 3. The lowest BCUT2D eigenvalue weighted by Gasteiger charge is -2.18. The maximum Gasteiger partial charge on any atom is 0.257 e. The van der Waals surface area contributed by atoms with Gasteiger partial charge in [-0.2, -0.15) is 4.98 Å². The molecule has 108 valence electrons. The van der Waals surface area contributed by atoms with Crippen LogP contribution < -0.4 is 0 Å². The molecule has 0 atom stereocenters. The van der Waals surface area contributed by atoms with Crippen molar-refractivity contribution in [3.05, 3.63) is 35.4 Å². The fourth-order valence-electron chi connectivity index (χ4n) is 1.81. The van der Waals surface area contributed by atoms with E-state index in [4.69, 9.17) is 13.7 Å². The number of carbonyl (C=O) groups excluding carboxylic acids is 1. The van der Waals surface area contributed by atoms with E-state index < -0.39 is 0 Å². The van der Waals surface area contributed by atoms with Crippen LogP contribution in [-0.4, -0.2) is 34.6 Å². The van der Waals surface area contributed by atoms with Gasteiger partial charge in [0.2, 0.25) is 5.89 Å². The Bertz CT molecular complexity index is 576. The van der Waals surface area contributed by atoms with Crippen LogP contribution in [0.2, 0.25) is 0 Å². The Morgan fingerprint density at radius 2 is 2.30 bits per heavy atom. The first-order chi connectivity index (χ1) is 9.65. The molecule has 0 aliphatic heterocycles. The molecule has 0 fully saturated rings. The molecule has 0 aliphatic rings. The summed E-state index contributed by atoms with van der Waals surface area (Å²) >= 11 is 0.